The molecule has 0 fully saturated rings. The minimum atomic E-state index is 0.0494. The van der Waals surface area contributed by atoms with Gasteiger partial charge in [-0.25, -0.2) is 4.98 Å². The number of imidazole rings is 1. The van der Waals surface area contributed by atoms with Crippen LogP contribution in [-0.2, 0) is 13.1 Å². The summed E-state index contributed by atoms with van der Waals surface area (Å²) in [5.74, 6) is 1.47. The molecule has 0 aliphatic heterocycles. The monoisotopic (exact) mass is 397 g/mol. The molecule has 0 bridgehead atoms. The summed E-state index contributed by atoms with van der Waals surface area (Å²) in [4.78, 5) is 19.9. The molecule has 3 rings (SSSR count). The maximum atomic E-state index is 13.2. The molecule has 0 saturated heterocycles. The molecule has 5 heteroatoms. The zero-order valence-corrected chi connectivity index (χ0v) is 17.8. The third-order valence-electron chi connectivity index (χ3n) is 5.00. The van der Waals surface area contributed by atoms with Crippen LogP contribution in [0.25, 0.3) is 11.0 Å². The minimum absolute atomic E-state index is 0.0494. The van der Waals surface area contributed by atoms with Crippen LogP contribution in [0.5, 0.6) is 0 Å². The van der Waals surface area contributed by atoms with Gasteiger partial charge in [-0.05, 0) is 56.5 Å². The Morgan fingerprint density at radius 1 is 1.18 bits per heavy atom. The lowest BCUT2D eigenvalue weighted by atomic mass is 10.1. The van der Waals surface area contributed by atoms with Crippen molar-refractivity contribution in [1.82, 2.24) is 14.5 Å². The Hall–Kier alpha value is -2.33. The molecule has 0 aliphatic rings. The van der Waals surface area contributed by atoms with E-state index < -0.39 is 0 Å². The Labute approximate surface area is 172 Å². The lowest BCUT2D eigenvalue weighted by Crippen LogP contribution is -2.33. The van der Waals surface area contributed by atoms with Gasteiger partial charge >= 0.3 is 0 Å². The third kappa shape index (κ3) is 4.56. The highest BCUT2D eigenvalue weighted by atomic mass is 35.5. The van der Waals surface area contributed by atoms with Gasteiger partial charge in [-0.3, -0.25) is 4.79 Å². The van der Waals surface area contributed by atoms with Crippen LogP contribution in [0.4, 0.5) is 0 Å². The van der Waals surface area contributed by atoms with E-state index in [1.807, 2.05) is 54.3 Å². The molecule has 0 aliphatic carbocycles. The first kappa shape index (κ1) is 20.4. The number of fused-ring (bicyclic) bond motifs is 1. The molecular formula is C23H28ClN3O. The van der Waals surface area contributed by atoms with Crippen molar-refractivity contribution >= 4 is 28.5 Å². The first-order valence-electron chi connectivity index (χ1n) is 9.89. The Morgan fingerprint density at radius 2 is 1.89 bits per heavy atom. The molecule has 2 aromatic carbocycles. The second-order valence-electron chi connectivity index (χ2n) is 7.68. The normalized spacial score (nSPS) is 11.4. The maximum absolute atomic E-state index is 13.2. The number of amides is 1. The quantitative estimate of drug-likeness (QED) is 0.512. The predicted octanol–water partition coefficient (Wildman–Crippen LogP) is 5.71. The molecule has 0 spiro atoms. The van der Waals surface area contributed by atoms with Crippen molar-refractivity contribution in [2.75, 3.05) is 6.54 Å². The van der Waals surface area contributed by atoms with Crippen LogP contribution < -0.4 is 0 Å². The number of aromatic nitrogens is 2. The van der Waals surface area contributed by atoms with Gasteiger partial charge in [-0.15, -0.1) is 0 Å². The Kier molecular flexibility index (Phi) is 6.40. The summed E-state index contributed by atoms with van der Waals surface area (Å²) in [6, 6.07) is 13.5. The molecule has 1 amide bonds. The number of rotatable bonds is 7. The smallest absolute Gasteiger partial charge is 0.254 e. The maximum Gasteiger partial charge on any atom is 0.254 e. The SMILES string of the molecule is CCn1c(CN(CCC(C)C)C(=O)c2ccc(C)cc2)nc2ccc(Cl)cc21. The zero-order valence-electron chi connectivity index (χ0n) is 17.1. The van der Waals surface area contributed by atoms with Crippen molar-refractivity contribution in [3.05, 3.63) is 64.4 Å². The van der Waals surface area contributed by atoms with Crippen molar-refractivity contribution in [1.29, 1.82) is 0 Å². The van der Waals surface area contributed by atoms with Crippen LogP contribution in [0.1, 0.15) is 48.9 Å². The van der Waals surface area contributed by atoms with Crippen molar-refractivity contribution in [2.24, 2.45) is 5.92 Å². The Morgan fingerprint density at radius 3 is 2.54 bits per heavy atom. The van der Waals surface area contributed by atoms with E-state index >= 15 is 0 Å². The number of halogens is 1. The molecule has 0 N–H and O–H groups in total. The average molecular weight is 398 g/mol. The van der Waals surface area contributed by atoms with Gasteiger partial charge in [-0.2, -0.15) is 0 Å². The summed E-state index contributed by atoms with van der Waals surface area (Å²) < 4.78 is 2.14. The Bertz CT molecular complexity index is 960. The molecular weight excluding hydrogens is 370 g/mol. The zero-order chi connectivity index (χ0) is 20.3. The van der Waals surface area contributed by atoms with Gasteiger partial charge in [0.2, 0.25) is 0 Å². The van der Waals surface area contributed by atoms with Crippen LogP contribution in [0, 0.1) is 12.8 Å². The highest BCUT2D eigenvalue weighted by Gasteiger charge is 2.20. The minimum Gasteiger partial charge on any atom is -0.331 e. The lowest BCUT2D eigenvalue weighted by Gasteiger charge is -2.24. The Balaban J connectivity index is 1.94. The fourth-order valence-corrected chi connectivity index (χ4v) is 3.50. The van der Waals surface area contributed by atoms with Gasteiger partial charge in [0.05, 0.1) is 17.6 Å². The van der Waals surface area contributed by atoms with E-state index in [-0.39, 0.29) is 5.91 Å². The topological polar surface area (TPSA) is 38.1 Å². The molecule has 1 heterocycles. The average Bonchev–Trinajstić information content (AvgIpc) is 3.01. The number of carbonyl (C=O) groups is 1. The number of aryl methyl sites for hydroxylation is 2. The summed E-state index contributed by atoms with van der Waals surface area (Å²) in [7, 11) is 0. The standard InChI is InChI=1S/C23H28ClN3O/c1-5-27-21-14-19(24)10-11-20(21)25-22(27)15-26(13-12-16(2)3)23(28)18-8-6-17(4)7-9-18/h6-11,14,16H,5,12-13,15H2,1-4H3. The van der Waals surface area contributed by atoms with Gasteiger partial charge < -0.3 is 9.47 Å². The second kappa shape index (κ2) is 8.78. The molecule has 4 nitrogen and oxygen atoms in total. The number of hydrogen-bond donors (Lipinski definition) is 0. The van der Waals surface area contributed by atoms with Gasteiger partial charge in [0.15, 0.2) is 0 Å². The molecule has 1 aromatic heterocycles. The molecule has 0 radical (unpaired) electrons. The van der Waals surface area contributed by atoms with Crippen molar-refractivity contribution in [3.63, 3.8) is 0 Å². The largest absolute Gasteiger partial charge is 0.331 e. The summed E-state index contributed by atoms with van der Waals surface area (Å²) in [6.07, 6.45) is 0.954. The van der Waals surface area contributed by atoms with Gasteiger partial charge in [0.1, 0.15) is 5.82 Å². The van der Waals surface area contributed by atoms with E-state index in [4.69, 9.17) is 16.6 Å². The molecule has 148 valence electrons. The highest BCUT2D eigenvalue weighted by Crippen LogP contribution is 2.22. The van der Waals surface area contributed by atoms with Gasteiger partial charge in [0, 0.05) is 23.7 Å². The van der Waals surface area contributed by atoms with Crippen LogP contribution in [0.3, 0.4) is 0 Å². The van der Waals surface area contributed by atoms with E-state index in [1.54, 1.807) is 0 Å². The number of carbonyl (C=O) groups excluding carboxylic acids is 1. The molecule has 0 unspecified atom stereocenters. The molecule has 28 heavy (non-hydrogen) atoms. The molecule has 3 aromatic rings. The summed E-state index contributed by atoms with van der Waals surface area (Å²) in [5.41, 5.74) is 3.79. The van der Waals surface area contributed by atoms with Crippen LogP contribution in [-0.4, -0.2) is 26.9 Å². The number of nitrogens with zero attached hydrogens (tertiary/aromatic N) is 3. The predicted molar refractivity (Wildman–Crippen MR) is 116 cm³/mol. The summed E-state index contributed by atoms with van der Waals surface area (Å²) in [5, 5.41) is 0.695. The fourth-order valence-electron chi connectivity index (χ4n) is 3.34. The van der Waals surface area contributed by atoms with Crippen LogP contribution >= 0.6 is 11.6 Å². The van der Waals surface area contributed by atoms with Crippen LogP contribution in [0.2, 0.25) is 5.02 Å². The van der Waals surface area contributed by atoms with Gasteiger partial charge in [-0.1, -0.05) is 43.1 Å². The third-order valence-corrected chi connectivity index (χ3v) is 5.24. The fraction of sp³-hybridized carbons (Fsp3) is 0.391. The summed E-state index contributed by atoms with van der Waals surface area (Å²) in [6.45, 7) is 10.4. The van der Waals surface area contributed by atoms with E-state index in [0.29, 0.717) is 24.0 Å². The highest BCUT2D eigenvalue weighted by molar-refractivity contribution is 6.31. The van der Waals surface area contributed by atoms with E-state index in [2.05, 4.69) is 25.3 Å². The van der Waals surface area contributed by atoms with Crippen molar-refractivity contribution in [2.45, 2.75) is 47.2 Å². The van der Waals surface area contributed by atoms with Crippen molar-refractivity contribution in [3.8, 4) is 0 Å². The first-order valence-corrected chi connectivity index (χ1v) is 10.3. The van der Waals surface area contributed by atoms with E-state index in [1.165, 1.54) is 0 Å². The van der Waals surface area contributed by atoms with Gasteiger partial charge in [0.25, 0.3) is 5.91 Å². The van der Waals surface area contributed by atoms with Crippen molar-refractivity contribution < 1.29 is 4.79 Å². The van der Waals surface area contributed by atoms with E-state index in [0.717, 1.165) is 41.0 Å². The molecule has 0 saturated carbocycles. The first-order chi connectivity index (χ1) is 13.4. The lowest BCUT2D eigenvalue weighted by molar-refractivity contribution is 0.0729. The molecule has 0 atom stereocenters. The number of hydrogen-bond acceptors (Lipinski definition) is 2. The second-order valence-corrected chi connectivity index (χ2v) is 8.12. The number of benzene rings is 2. The van der Waals surface area contributed by atoms with E-state index in [9.17, 15) is 4.79 Å². The van der Waals surface area contributed by atoms with Crippen LogP contribution in [0.15, 0.2) is 42.5 Å². The summed E-state index contributed by atoms with van der Waals surface area (Å²) >= 11 is 6.18.